The van der Waals surface area contributed by atoms with E-state index < -0.39 is 0 Å². The number of halogens is 1. The predicted octanol–water partition coefficient (Wildman–Crippen LogP) is 5.18. The van der Waals surface area contributed by atoms with Crippen LogP contribution in [0.25, 0.3) is 0 Å². The fourth-order valence-corrected chi connectivity index (χ4v) is 2.15. The molecule has 0 aliphatic carbocycles. The monoisotopic (exact) mass is 321 g/mol. The Morgan fingerprint density at radius 3 is 1.96 bits per heavy atom. The molecule has 0 bridgehead atoms. The van der Waals surface area contributed by atoms with Gasteiger partial charge in [0.05, 0.1) is 0 Å². The zero-order valence-corrected chi connectivity index (χ0v) is 13.1. The Morgan fingerprint density at radius 2 is 1.38 bits per heavy atom. The Balaban J connectivity index is 1.64. The molecule has 3 rings (SSSR count). The summed E-state index contributed by atoms with van der Waals surface area (Å²) < 4.78 is 18.6. The van der Waals surface area contributed by atoms with Crippen LogP contribution in [0.3, 0.4) is 0 Å². The van der Waals surface area contributed by atoms with Gasteiger partial charge in [-0.3, -0.25) is 4.79 Å². The Kier molecular flexibility index (Phi) is 4.57. The Morgan fingerprint density at radius 1 is 0.833 bits per heavy atom. The lowest BCUT2D eigenvalue weighted by molar-refractivity contribution is 0.102. The predicted molar refractivity (Wildman–Crippen MR) is 92.0 cm³/mol. The van der Waals surface area contributed by atoms with Gasteiger partial charge in [-0.05, 0) is 67.6 Å². The molecule has 0 aromatic heterocycles. The highest BCUT2D eigenvalue weighted by atomic mass is 19.1. The second-order valence-electron chi connectivity index (χ2n) is 5.40. The number of carbonyl (C=O) groups is 1. The normalized spacial score (nSPS) is 10.2. The van der Waals surface area contributed by atoms with Crippen molar-refractivity contribution in [3.8, 4) is 11.5 Å². The molecule has 0 unspecified atom stereocenters. The third kappa shape index (κ3) is 3.98. The van der Waals surface area contributed by atoms with E-state index in [1.807, 2.05) is 31.2 Å². The first-order valence-electron chi connectivity index (χ1n) is 7.52. The van der Waals surface area contributed by atoms with E-state index in [2.05, 4.69) is 5.32 Å². The van der Waals surface area contributed by atoms with Gasteiger partial charge in [-0.25, -0.2) is 4.39 Å². The molecule has 120 valence electrons. The summed E-state index contributed by atoms with van der Waals surface area (Å²) in [6.45, 7) is 2.02. The van der Waals surface area contributed by atoms with Gasteiger partial charge in [0.25, 0.3) is 5.91 Å². The van der Waals surface area contributed by atoms with Crippen molar-refractivity contribution in [2.45, 2.75) is 6.92 Å². The second-order valence-corrected chi connectivity index (χ2v) is 5.40. The summed E-state index contributed by atoms with van der Waals surface area (Å²) in [5.41, 5.74) is 2.21. The number of benzene rings is 3. The van der Waals surface area contributed by atoms with E-state index >= 15 is 0 Å². The van der Waals surface area contributed by atoms with Crippen LogP contribution in [0.1, 0.15) is 15.9 Å². The number of hydrogen-bond acceptors (Lipinski definition) is 2. The van der Waals surface area contributed by atoms with E-state index in [9.17, 15) is 9.18 Å². The molecule has 0 aliphatic rings. The van der Waals surface area contributed by atoms with Crippen molar-refractivity contribution in [3.63, 3.8) is 0 Å². The molecule has 1 N–H and O–H groups in total. The van der Waals surface area contributed by atoms with Gasteiger partial charge in [0, 0.05) is 11.3 Å². The smallest absolute Gasteiger partial charge is 0.255 e. The zero-order valence-electron chi connectivity index (χ0n) is 13.1. The maximum Gasteiger partial charge on any atom is 0.255 e. The van der Waals surface area contributed by atoms with Crippen molar-refractivity contribution in [2.75, 3.05) is 5.32 Å². The third-order valence-corrected chi connectivity index (χ3v) is 3.48. The van der Waals surface area contributed by atoms with E-state index in [4.69, 9.17) is 4.74 Å². The van der Waals surface area contributed by atoms with E-state index in [0.29, 0.717) is 17.0 Å². The Bertz CT molecular complexity index is 825. The highest BCUT2D eigenvalue weighted by molar-refractivity contribution is 6.04. The fraction of sp³-hybridized carbons (Fsp3) is 0.0500. The van der Waals surface area contributed by atoms with Crippen LogP contribution in [0.4, 0.5) is 10.1 Å². The minimum atomic E-state index is -0.371. The number of amides is 1. The average molecular weight is 321 g/mol. The van der Waals surface area contributed by atoms with Crippen LogP contribution >= 0.6 is 0 Å². The van der Waals surface area contributed by atoms with E-state index in [1.165, 1.54) is 29.8 Å². The highest BCUT2D eigenvalue weighted by Gasteiger charge is 2.06. The fourth-order valence-electron chi connectivity index (χ4n) is 2.15. The van der Waals surface area contributed by atoms with Crippen molar-refractivity contribution >= 4 is 11.6 Å². The standard InChI is InChI=1S/C20H16FNO2/c1-14-2-10-18(11-3-14)24-19-12-8-17(9-13-19)22-20(23)15-4-6-16(21)7-5-15/h2-13H,1H3,(H,22,23). The van der Waals surface area contributed by atoms with E-state index in [0.717, 1.165) is 5.75 Å². The summed E-state index contributed by atoms with van der Waals surface area (Å²) >= 11 is 0. The van der Waals surface area contributed by atoms with Crippen LogP contribution in [0.5, 0.6) is 11.5 Å². The number of anilines is 1. The Hall–Kier alpha value is -3.14. The number of carbonyl (C=O) groups excluding carboxylic acids is 1. The molecule has 24 heavy (non-hydrogen) atoms. The molecule has 0 radical (unpaired) electrons. The molecule has 1 amide bonds. The van der Waals surface area contributed by atoms with E-state index in [-0.39, 0.29) is 11.7 Å². The number of aryl methyl sites for hydroxylation is 1. The van der Waals surface area contributed by atoms with Crippen molar-refractivity contribution in [1.82, 2.24) is 0 Å². The van der Waals surface area contributed by atoms with Crippen LogP contribution < -0.4 is 10.1 Å². The first-order valence-corrected chi connectivity index (χ1v) is 7.52. The van der Waals surface area contributed by atoms with Gasteiger partial charge in [-0.1, -0.05) is 17.7 Å². The topological polar surface area (TPSA) is 38.3 Å². The molecule has 0 fully saturated rings. The Labute approximate surface area is 139 Å². The number of hydrogen-bond donors (Lipinski definition) is 1. The van der Waals surface area contributed by atoms with Crippen LogP contribution in [0.15, 0.2) is 72.8 Å². The summed E-state index contributed by atoms with van der Waals surface area (Å²) in [6.07, 6.45) is 0. The number of nitrogens with one attached hydrogen (secondary N) is 1. The lowest BCUT2D eigenvalue weighted by atomic mass is 10.2. The molecule has 0 atom stereocenters. The summed E-state index contributed by atoms with van der Waals surface area (Å²) in [7, 11) is 0. The first-order chi connectivity index (χ1) is 11.6. The first kappa shape index (κ1) is 15.7. The quantitative estimate of drug-likeness (QED) is 0.719. The van der Waals surface area contributed by atoms with E-state index in [1.54, 1.807) is 24.3 Å². The van der Waals surface area contributed by atoms with Crippen LogP contribution in [-0.2, 0) is 0 Å². The van der Waals surface area contributed by atoms with Gasteiger partial charge in [0.2, 0.25) is 0 Å². The van der Waals surface area contributed by atoms with Gasteiger partial charge in [-0.15, -0.1) is 0 Å². The number of ether oxygens (including phenoxy) is 1. The molecule has 3 aromatic rings. The largest absolute Gasteiger partial charge is 0.457 e. The van der Waals surface area contributed by atoms with Gasteiger partial charge < -0.3 is 10.1 Å². The van der Waals surface area contributed by atoms with Gasteiger partial charge in [-0.2, -0.15) is 0 Å². The maximum absolute atomic E-state index is 12.9. The highest BCUT2D eigenvalue weighted by Crippen LogP contribution is 2.23. The van der Waals surface area contributed by atoms with Crippen LogP contribution in [0.2, 0.25) is 0 Å². The molecule has 4 heteroatoms. The maximum atomic E-state index is 12.9. The average Bonchev–Trinajstić information content (AvgIpc) is 2.59. The van der Waals surface area contributed by atoms with Gasteiger partial charge >= 0.3 is 0 Å². The number of rotatable bonds is 4. The molecule has 3 aromatic carbocycles. The summed E-state index contributed by atoms with van der Waals surface area (Å²) in [5, 5.41) is 2.76. The minimum absolute atomic E-state index is 0.290. The van der Waals surface area contributed by atoms with Crippen molar-refractivity contribution in [2.24, 2.45) is 0 Å². The lowest BCUT2D eigenvalue weighted by Gasteiger charge is -2.08. The van der Waals surface area contributed by atoms with Crippen molar-refractivity contribution in [1.29, 1.82) is 0 Å². The molecule has 0 spiro atoms. The van der Waals surface area contributed by atoms with Gasteiger partial charge in [0.15, 0.2) is 0 Å². The lowest BCUT2D eigenvalue weighted by Crippen LogP contribution is -2.11. The summed E-state index contributed by atoms with van der Waals surface area (Å²) in [5.74, 6) is 0.772. The van der Waals surface area contributed by atoms with Crippen LogP contribution in [-0.4, -0.2) is 5.91 Å². The van der Waals surface area contributed by atoms with Crippen LogP contribution in [0, 0.1) is 12.7 Å². The molecule has 0 saturated carbocycles. The second kappa shape index (κ2) is 6.96. The minimum Gasteiger partial charge on any atom is -0.457 e. The summed E-state index contributed by atoms with van der Waals surface area (Å²) in [4.78, 5) is 12.1. The zero-order chi connectivity index (χ0) is 16.9. The van der Waals surface area contributed by atoms with Crippen molar-refractivity contribution < 1.29 is 13.9 Å². The van der Waals surface area contributed by atoms with Gasteiger partial charge in [0.1, 0.15) is 17.3 Å². The summed E-state index contributed by atoms with van der Waals surface area (Å²) in [6, 6.07) is 20.2. The molecule has 3 nitrogen and oxygen atoms in total. The molecule has 0 aliphatic heterocycles. The van der Waals surface area contributed by atoms with Crippen molar-refractivity contribution in [3.05, 3.63) is 89.7 Å². The molecular formula is C20H16FNO2. The molecular weight excluding hydrogens is 305 g/mol. The molecule has 0 saturated heterocycles. The third-order valence-electron chi connectivity index (χ3n) is 3.48. The SMILES string of the molecule is Cc1ccc(Oc2ccc(NC(=O)c3ccc(F)cc3)cc2)cc1. The molecule has 0 heterocycles.